The first kappa shape index (κ1) is 21.7. The fourth-order valence-corrected chi connectivity index (χ4v) is 2.82. The van der Waals surface area contributed by atoms with E-state index in [4.69, 9.17) is 14.2 Å². The van der Waals surface area contributed by atoms with Crippen molar-refractivity contribution in [2.75, 3.05) is 11.9 Å². The molecule has 2 rings (SSSR count). The van der Waals surface area contributed by atoms with Crippen molar-refractivity contribution in [3.8, 4) is 0 Å². The molecule has 27 heavy (non-hydrogen) atoms. The van der Waals surface area contributed by atoms with E-state index in [2.05, 4.69) is 10.3 Å². The first-order chi connectivity index (χ1) is 12.5. The second-order valence-corrected chi connectivity index (χ2v) is 7.49. The van der Waals surface area contributed by atoms with Crippen LogP contribution >= 0.6 is 0 Å². The van der Waals surface area contributed by atoms with Crippen LogP contribution in [0, 0.1) is 0 Å². The van der Waals surface area contributed by atoms with Gasteiger partial charge in [-0.1, -0.05) is 0 Å². The summed E-state index contributed by atoms with van der Waals surface area (Å²) >= 11 is 0. The highest BCUT2D eigenvalue weighted by atomic mass is 19.3. The van der Waals surface area contributed by atoms with E-state index in [1.807, 2.05) is 13.8 Å². The van der Waals surface area contributed by atoms with Crippen LogP contribution < -0.4 is 11.0 Å². The lowest BCUT2D eigenvalue weighted by Gasteiger charge is -2.26. The Labute approximate surface area is 158 Å². The topological polar surface area (TPSA) is 74.6 Å². The van der Waals surface area contributed by atoms with Crippen LogP contribution in [0.4, 0.5) is 14.6 Å². The number of hydrogen-bond donors (Lipinski definition) is 1. The normalized spacial score (nSPS) is 24.9. The Bertz CT molecular complexity index is 679. The van der Waals surface area contributed by atoms with E-state index in [9.17, 15) is 4.79 Å². The molecule has 0 spiro atoms. The molecule has 0 aromatic carbocycles. The van der Waals surface area contributed by atoms with Crippen molar-refractivity contribution in [2.24, 2.45) is 0 Å². The van der Waals surface area contributed by atoms with Crippen LogP contribution in [0.25, 0.3) is 0 Å². The van der Waals surface area contributed by atoms with Gasteiger partial charge in [0.2, 0.25) is 6.23 Å². The summed E-state index contributed by atoms with van der Waals surface area (Å²) in [4.78, 5) is 16.1. The standard InChI is InChI=1S/C18H29F2N3O4/c1-10(2)21-14-7-8-23(17(24)22-14)16-18(19,20)15(26-12(5)6)13(27-16)9-25-11(3)4/h7-8,10-13,15-16H,9H2,1-6H3,(H,21,22,24)/t13-,15+,16-/m1/s1. The number of hydrogen-bond acceptors (Lipinski definition) is 6. The van der Waals surface area contributed by atoms with Crippen molar-refractivity contribution in [2.45, 2.75) is 84.2 Å². The Hall–Kier alpha value is -1.58. The van der Waals surface area contributed by atoms with Crippen LogP contribution in [0.3, 0.4) is 0 Å². The van der Waals surface area contributed by atoms with Crippen molar-refractivity contribution in [1.29, 1.82) is 0 Å². The summed E-state index contributed by atoms with van der Waals surface area (Å²) in [5.41, 5.74) is -0.820. The molecule has 0 unspecified atom stereocenters. The first-order valence-electron chi connectivity index (χ1n) is 9.18. The molecule has 1 N–H and O–H groups in total. The molecule has 3 atom stereocenters. The monoisotopic (exact) mass is 389 g/mol. The summed E-state index contributed by atoms with van der Waals surface area (Å²) in [6.07, 6.45) is -3.66. The van der Waals surface area contributed by atoms with Gasteiger partial charge in [-0.2, -0.15) is 13.8 Å². The Balaban J connectivity index is 2.31. The van der Waals surface area contributed by atoms with Gasteiger partial charge in [-0.15, -0.1) is 0 Å². The second kappa shape index (κ2) is 8.62. The molecular formula is C18H29F2N3O4. The molecule has 9 heteroatoms. The maximum atomic E-state index is 15.1. The number of nitrogens with one attached hydrogen (secondary N) is 1. The van der Waals surface area contributed by atoms with Crippen LogP contribution in [0.1, 0.15) is 47.8 Å². The molecule has 0 radical (unpaired) electrons. The summed E-state index contributed by atoms with van der Waals surface area (Å²) < 4.78 is 47.4. The summed E-state index contributed by atoms with van der Waals surface area (Å²) in [7, 11) is 0. The predicted octanol–water partition coefficient (Wildman–Crippen LogP) is 2.81. The van der Waals surface area contributed by atoms with Crippen molar-refractivity contribution in [3.05, 3.63) is 22.7 Å². The predicted molar refractivity (Wildman–Crippen MR) is 97.2 cm³/mol. The number of aromatic nitrogens is 2. The lowest BCUT2D eigenvalue weighted by Crippen LogP contribution is -2.45. The summed E-state index contributed by atoms with van der Waals surface area (Å²) in [6, 6.07) is 1.52. The molecule has 0 aliphatic carbocycles. The van der Waals surface area contributed by atoms with Crippen molar-refractivity contribution in [3.63, 3.8) is 0 Å². The van der Waals surface area contributed by atoms with E-state index in [1.165, 1.54) is 12.3 Å². The highest BCUT2D eigenvalue weighted by Crippen LogP contribution is 2.44. The minimum absolute atomic E-state index is 0.0540. The lowest BCUT2D eigenvalue weighted by molar-refractivity contribution is -0.164. The van der Waals surface area contributed by atoms with Crippen molar-refractivity contribution < 1.29 is 23.0 Å². The number of alkyl halides is 2. The quantitative estimate of drug-likeness (QED) is 0.737. The van der Waals surface area contributed by atoms with E-state index in [1.54, 1.807) is 27.7 Å². The highest BCUT2D eigenvalue weighted by molar-refractivity contribution is 5.32. The van der Waals surface area contributed by atoms with Crippen LogP contribution in [-0.4, -0.2) is 52.5 Å². The molecule has 0 amide bonds. The first-order valence-corrected chi connectivity index (χ1v) is 9.18. The third kappa shape index (κ3) is 5.24. The zero-order valence-electron chi connectivity index (χ0n) is 16.6. The van der Waals surface area contributed by atoms with Crippen LogP contribution in [-0.2, 0) is 14.2 Å². The largest absolute Gasteiger partial charge is 0.376 e. The van der Waals surface area contributed by atoms with Crippen LogP contribution in [0.15, 0.2) is 17.1 Å². The van der Waals surface area contributed by atoms with Gasteiger partial charge >= 0.3 is 11.6 Å². The zero-order chi connectivity index (χ0) is 20.4. The SMILES string of the molecule is CC(C)Nc1ccn([C@@H]2O[C@H](COC(C)C)[C@H](OC(C)C)C2(F)F)c(=O)n1. The van der Waals surface area contributed by atoms with Gasteiger partial charge in [-0.25, -0.2) is 4.79 Å². The summed E-state index contributed by atoms with van der Waals surface area (Å²) in [6.45, 7) is 10.7. The zero-order valence-corrected chi connectivity index (χ0v) is 16.6. The Morgan fingerprint density at radius 3 is 2.44 bits per heavy atom. The second-order valence-electron chi connectivity index (χ2n) is 7.49. The molecule has 154 valence electrons. The summed E-state index contributed by atoms with van der Waals surface area (Å²) in [5.74, 6) is -3.10. The molecule has 1 fully saturated rings. The minimum atomic E-state index is -3.42. The fourth-order valence-electron chi connectivity index (χ4n) is 2.82. The van der Waals surface area contributed by atoms with E-state index >= 15 is 8.78 Å². The van der Waals surface area contributed by atoms with E-state index in [-0.39, 0.29) is 18.8 Å². The smallest absolute Gasteiger partial charge is 0.351 e. The molecule has 1 aliphatic heterocycles. The highest BCUT2D eigenvalue weighted by Gasteiger charge is 2.61. The molecule has 1 aliphatic rings. The number of rotatable bonds is 8. The van der Waals surface area contributed by atoms with Gasteiger partial charge in [0.05, 0.1) is 18.8 Å². The Morgan fingerprint density at radius 1 is 1.26 bits per heavy atom. The van der Waals surface area contributed by atoms with E-state index in [0.717, 1.165) is 4.57 Å². The van der Waals surface area contributed by atoms with E-state index < -0.39 is 36.2 Å². The van der Waals surface area contributed by atoms with Crippen molar-refractivity contribution >= 4 is 5.82 Å². The average Bonchev–Trinajstić information content (AvgIpc) is 2.76. The molecule has 0 bridgehead atoms. The van der Waals surface area contributed by atoms with Crippen LogP contribution in [0.5, 0.6) is 0 Å². The number of nitrogens with zero attached hydrogens (tertiary/aromatic N) is 2. The fraction of sp³-hybridized carbons (Fsp3) is 0.778. The maximum Gasteiger partial charge on any atom is 0.351 e. The van der Waals surface area contributed by atoms with Crippen molar-refractivity contribution in [1.82, 2.24) is 9.55 Å². The maximum absolute atomic E-state index is 15.1. The summed E-state index contributed by atoms with van der Waals surface area (Å²) in [5, 5.41) is 2.96. The number of ether oxygens (including phenoxy) is 3. The Kier molecular flexibility index (Phi) is 6.93. The van der Waals surface area contributed by atoms with Gasteiger partial charge in [0.15, 0.2) is 6.10 Å². The molecule has 7 nitrogen and oxygen atoms in total. The average molecular weight is 389 g/mol. The molecule has 1 aromatic rings. The number of halogens is 2. The molecule has 1 saturated heterocycles. The van der Waals surface area contributed by atoms with Gasteiger partial charge in [0.1, 0.15) is 11.9 Å². The van der Waals surface area contributed by atoms with Gasteiger partial charge in [-0.3, -0.25) is 4.57 Å². The van der Waals surface area contributed by atoms with E-state index in [0.29, 0.717) is 5.82 Å². The van der Waals surface area contributed by atoms with Gasteiger partial charge in [0.25, 0.3) is 0 Å². The lowest BCUT2D eigenvalue weighted by atomic mass is 10.1. The molecule has 2 heterocycles. The van der Waals surface area contributed by atoms with Gasteiger partial charge < -0.3 is 19.5 Å². The Morgan fingerprint density at radius 2 is 1.93 bits per heavy atom. The number of anilines is 1. The minimum Gasteiger partial charge on any atom is -0.376 e. The third-order valence-corrected chi connectivity index (χ3v) is 3.88. The molecular weight excluding hydrogens is 360 g/mol. The van der Waals surface area contributed by atoms with Gasteiger partial charge in [-0.05, 0) is 47.6 Å². The third-order valence-electron chi connectivity index (χ3n) is 3.88. The van der Waals surface area contributed by atoms with Gasteiger partial charge in [0, 0.05) is 12.2 Å². The van der Waals surface area contributed by atoms with Crippen LogP contribution in [0.2, 0.25) is 0 Å². The molecule has 1 aromatic heterocycles. The molecule has 0 saturated carbocycles.